The quantitative estimate of drug-likeness (QED) is 0.823. The van der Waals surface area contributed by atoms with Crippen LogP contribution >= 0.6 is 11.6 Å². The second-order valence-electron chi connectivity index (χ2n) is 6.31. The van der Waals surface area contributed by atoms with Gasteiger partial charge >= 0.3 is 0 Å². The van der Waals surface area contributed by atoms with E-state index in [1.807, 2.05) is 24.3 Å². The third-order valence-electron chi connectivity index (χ3n) is 4.53. The minimum Gasteiger partial charge on any atom is -0.339 e. The van der Waals surface area contributed by atoms with Crippen LogP contribution in [0.5, 0.6) is 0 Å². The van der Waals surface area contributed by atoms with Crippen LogP contribution in [0, 0.1) is 5.82 Å². The largest absolute Gasteiger partial charge is 0.339 e. The summed E-state index contributed by atoms with van der Waals surface area (Å²) in [7, 11) is 0. The fraction of sp³-hybridized carbons (Fsp3) is 0.300. The van der Waals surface area contributed by atoms with Crippen molar-refractivity contribution < 1.29 is 14.0 Å². The van der Waals surface area contributed by atoms with Crippen molar-refractivity contribution >= 4 is 23.4 Å². The first-order chi connectivity index (χ1) is 12.5. The topological polar surface area (TPSA) is 40.6 Å². The van der Waals surface area contributed by atoms with Crippen LogP contribution in [0.2, 0.25) is 5.02 Å². The van der Waals surface area contributed by atoms with Gasteiger partial charge in [0.15, 0.2) is 0 Å². The van der Waals surface area contributed by atoms with Gasteiger partial charge in [-0.25, -0.2) is 4.39 Å². The van der Waals surface area contributed by atoms with Crippen LogP contribution in [0.3, 0.4) is 0 Å². The minimum absolute atomic E-state index is 0.0813. The summed E-state index contributed by atoms with van der Waals surface area (Å²) in [6.07, 6.45) is 1.10. The third kappa shape index (κ3) is 4.61. The van der Waals surface area contributed by atoms with Crippen molar-refractivity contribution in [3.8, 4) is 0 Å². The lowest BCUT2D eigenvalue weighted by atomic mass is 10.1. The molecule has 3 rings (SSSR count). The summed E-state index contributed by atoms with van der Waals surface area (Å²) in [5.41, 5.74) is 1.41. The van der Waals surface area contributed by atoms with Gasteiger partial charge in [0.25, 0.3) is 5.91 Å². The Morgan fingerprint density at radius 3 is 2.27 bits per heavy atom. The lowest BCUT2D eigenvalue weighted by Crippen LogP contribution is -2.50. The number of rotatable bonds is 4. The van der Waals surface area contributed by atoms with Crippen molar-refractivity contribution in [1.82, 2.24) is 9.80 Å². The smallest absolute Gasteiger partial charge is 0.254 e. The second kappa shape index (κ2) is 8.32. The molecule has 6 heteroatoms. The van der Waals surface area contributed by atoms with Crippen molar-refractivity contribution in [3.63, 3.8) is 0 Å². The van der Waals surface area contributed by atoms with Gasteiger partial charge in [0.05, 0.1) is 0 Å². The van der Waals surface area contributed by atoms with Gasteiger partial charge in [0, 0.05) is 43.2 Å². The Morgan fingerprint density at radius 2 is 1.62 bits per heavy atom. The number of hydrogen-bond donors (Lipinski definition) is 0. The van der Waals surface area contributed by atoms with Crippen LogP contribution in [-0.4, -0.2) is 47.8 Å². The van der Waals surface area contributed by atoms with Gasteiger partial charge in [-0.1, -0.05) is 29.8 Å². The van der Waals surface area contributed by atoms with Crippen LogP contribution in [0.25, 0.3) is 0 Å². The molecule has 1 aliphatic rings. The highest BCUT2D eigenvalue weighted by atomic mass is 35.5. The summed E-state index contributed by atoms with van der Waals surface area (Å²) in [4.78, 5) is 28.2. The molecule has 0 bridgehead atoms. The number of aryl methyl sites for hydroxylation is 1. The Kier molecular flexibility index (Phi) is 5.89. The predicted molar refractivity (Wildman–Crippen MR) is 98.7 cm³/mol. The fourth-order valence-electron chi connectivity index (χ4n) is 3.02. The van der Waals surface area contributed by atoms with E-state index < -0.39 is 5.82 Å². The molecule has 0 N–H and O–H groups in total. The summed E-state index contributed by atoms with van der Waals surface area (Å²) in [5, 5.41) is 0.680. The van der Waals surface area contributed by atoms with Gasteiger partial charge in [0.1, 0.15) is 5.82 Å². The SMILES string of the molecule is O=C(CCc1ccc(Cl)cc1)N1CCN(C(=O)c2cccc(F)c2)CC1. The molecule has 0 unspecified atom stereocenters. The lowest BCUT2D eigenvalue weighted by molar-refractivity contribution is -0.132. The van der Waals surface area contributed by atoms with Crippen LogP contribution < -0.4 is 0 Å². The average molecular weight is 375 g/mol. The number of hydrogen-bond acceptors (Lipinski definition) is 2. The van der Waals surface area contributed by atoms with Gasteiger partial charge in [-0.2, -0.15) is 0 Å². The van der Waals surface area contributed by atoms with Crippen molar-refractivity contribution in [2.45, 2.75) is 12.8 Å². The molecule has 0 saturated carbocycles. The molecule has 1 heterocycles. The Hall–Kier alpha value is -2.40. The first kappa shape index (κ1) is 18.4. The number of benzene rings is 2. The molecule has 0 aliphatic carbocycles. The number of amides is 2. The number of carbonyl (C=O) groups is 2. The molecule has 2 aromatic carbocycles. The lowest BCUT2D eigenvalue weighted by Gasteiger charge is -2.35. The van der Waals surface area contributed by atoms with E-state index in [-0.39, 0.29) is 11.8 Å². The Balaban J connectivity index is 1.49. The Bertz CT molecular complexity index is 787. The first-order valence-electron chi connectivity index (χ1n) is 8.60. The van der Waals surface area contributed by atoms with E-state index in [1.165, 1.54) is 18.2 Å². The van der Waals surface area contributed by atoms with Crippen molar-refractivity contribution in [1.29, 1.82) is 0 Å². The zero-order chi connectivity index (χ0) is 18.5. The summed E-state index contributed by atoms with van der Waals surface area (Å²) >= 11 is 5.86. The van der Waals surface area contributed by atoms with E-state index in [9.17, 15) is 14.0 Å². The molecule has 1 saturated heterocycles. The molecule has 2 aromatic rings. The van der Waals surface area contributed by atoms with Crippen molar-refractivity contribution in [3.05, 3.63) is 70.5 Å². The number of nitrogens with zero attached hydrogens (tertiary/aromatic N) is 2. The average Bonchev–Trinajstić information content (AvgIpc) is 2.67. The summed E-state index contributed by atoms with van der Waals surface area (Å²) < 4.78 is 13.3. The van der Waals surface area contributed by atoms with E-state index in [1.54, 1.807) is 15.9 Å². The second-order valence-corrected chi connectivity index (χ2v) is 6.75. The van der Waals surface area contributed by atoms with E-state index in [2.05, 4.69) is 0 Å². The minimum atomic E-state index is -0.424. The summed E-state index contributed by atoms with van der Waals surface area (Å²) in [5.74, 6) is -0.539. The first-order valence-corrected chi connectivity index (χ1v) is 8.98. The van der Waals surface area contributed by atoms with Crippen molar-refractivity contribution in [2.24, 2.45) is 0 Å². The Labute approximate surface area is 157 Å². The van der Waals surface area contributed by atoms with Crippen LogP contribution in [0.1, 0.15) is 22.3 Å². The molecule has 0 aromatic heterocycles. The molecule has 136 valence electrons. The maximum absolute atomic E-state index is 13.3. The van der Waals surface area contributed by atoms with Crippen LogP contribution in [-0.2, 0) is 11.2 Å². The van der Waals surface area contributed by atoms with Crippen LogP contribution in [0.4, 0.5) is 4.39 Å². The van der Waals surface area contributed by atoms with Gasteiger partial charge in [-0.05, 0) is 42.3 Å². The van der Waals surface area contributed by atoms with Gasteiger partial charge in [-0.3, -0.25) is 9.59 Å². The highest BCUT2D eigenvalue weighted by Crippen LogP contribution is 2.14. The molecule has 26 heavy (non-hydrogen) atoms. The molecule has 0 radical (unpaired) electrons. The van der Waals surface area contributed by atoms with Crippen LogP contribution in [0.15, 0.2) is 48.5 Å². The standard InChI is InChI=1S/C20H20ClFN2O2/c21-17-7-4-15(5-8-17)6-9-19(25)23-10-12-24(13-11-23)20(26)16-2-1-3-18(22)14-16/h1-5,7-8,14H,6,9-13H2. The van der Waals surface area contributed by atoms with E-state index in [4.69, 9.17) is 11.6 Å². The number of piperazine rings is 1. The zero-order valence-electron chi connectivity index (χ0n) is 14.3. The van der Waals surface area contributed by atoms with E-state index in [0.717, 1.165) is 5.56 Å². The summed E-state index contributed by atoms with van der Waals surface area (Å²) in [6, 6.07) is 13.2. The van der Waals surface area contributed by atoms with Gasteiger partial charge in [-0.15, -0.1) is 0 Å². The maximum atomic E-state index is 13.3. The predicted octanol–water partition coefficient (Wildman–Crippen LogP) is 3.40. The molecule has 0 atom stereocenters. The zero-order valence-corrected chi connectivity index (χ0v) is 15.1. The number of carbonyl (C=O) groups excluding carboxylic acids is 2. The molecular formula is C20H20ClFN2O2. The van der Waals surface area contributed by atoms with Gasteiger partial charge < -0.3 is 9.80 Å². The third-order valence-corrected chi connectivity index (χ3v) is 4.78. The molecule has 4 nitrogen and oxygen atoms in total. The molecular weight excluding hydrogens is 355 g/mol. The fourth-order valence-corrected chi connectivity index (χ4v) is 3.15. The highest BCUT2D eigenvalue weighted by Gasteiger charge is 2.24. The number of halogens is 2. The molecule has 0 spiro atoms. The van der Waals surface area contributed by atoms with E-state index >= 15 is 0 Å². The normalized spacial score (nSPS) is 14.4. The monoisotopic (exact) mass is 374 g/mol. The molecule has 1 fully saturated rings. The molecule has 1 aliphatic heterocycles. The molecule has 2 amide bonds. The van der Waals surface area contributed by atoms with Gasteiger partial charge in [0.2, 0.25) is 5.91 Å². The van der Waals surface area contributed by atoms with E-state index in [0.29, 0.717) is 49.6 Å². The van der Waals surface area contributed by atoms with Crippen molar-refractivity contribution in [2.75, 3.05) is 26.2 Å². The Morgan fingerprint density at radius 1 is 0.962 bits per heavy atom. The maximum Gasteiger partial charge on any atom is 0.254 e. The highest BCUT2D eigenvalue weighted by molar-refractivity contribution is 6.30. The summed E-state index contributed by atoms with van der Waals surface area (Å²) in [6.45, 7) is 1.92.